The molecular formula is C9H9N5O. The maximum Gasteiger partial charge on any atom is 0.190 e. The van der Waals surface area contributed by atoms with E-state index in [0.717, 1.165) is 0 Å². The number of nitrogens with two attached hydrogens (primary N) is 1. The molecule has 6 heteroatoms. The Kier molecular flexibility index (Phi) is 2.32. The fraction of sp³-hybridized carbons (Fsp3) is 0. The van der Waals surface area contributed by atoms with Crippen LogP contribution in [0.5, 0.6) is 0 Å². The van der Waals surface area contributed by atoms with Crippen molar-refractivity contribution in [3.63, 3.8) is 0 Å². The molecule has 76 valence electrons. The lowest BCUT2D eigenvalue weighted by atomic mass is 10.3. The van der Waals surface area contributed by atoms with Crippen molar-refractivity contribution in [2.75, 3.05) is 0 Å². The number of hydrogen-bond acceptors (Lipinski definition) is 4. The second kappa shape index (κ2) is 3.79. The first-order valence-electron chi connectivity index (χ1n) is 4.24. The van der Waals surface area contributed by atoms with E-state index in [0.29, 0.717) is 11.4 Å². The first-order valence-corrected chi connectivity index (χ1v) is 4.24. The van der Waals surface area contributed by atoms with Crippen molar-refractivity contribution in [2.24, 2.45) is 10.9 Å². The molecule has 2 aromatic heterocycles. The van der Waals surface area contributed by atoms with Crippen molar-refractivity contribution >= 4 is 5.84 Å². The maximum atomic E-state index is 8.61. The molecule has 2 aromatic rings. The van der Waals surface area contributed by atoms with E-state index in [1.807, 2.05) is 6.07 Å². The van der Waals surface area contributed by atoms with E-state index in [-0.39, 0.29) is 5.84 Å². The number of aromatic nitrogens is 3. The third kappa shape index (κ3) is 1.64. The summed E-state index contributed by atoms with van der Waals surface area (Å²) in [4.78, 5) is 7.96. The first kappa shape index (κ1) is 9.20. The highest BCUT2D eigenvalue weighted by Crippen LogP contribution is 2.10. The normalized spacial score (nSPS) is 11.6. The lowest BCUT2D eigenvalue weighted by Gasteiger charge is -2.06. The molecule has 15 heavy (non-hydrogen) atoms. The Morgan fingerprint density at radius 1 is 1.47 bits per heavy atom. The summed E-state index contributed by atoms with van der Waals surface area (Å²) in [5.41, 5.74) is 6.63. The fourth-order valence-corrected chi connectivity index (χ4v) is 1.25. The molecule has 3 N–H and O–H groups in total. The van der Waals surface area contributed by atoms with Gasteiger partial charge >= 0.3 is 0 Å². The molecular weight excluding hydrogens is 194 g/mol. The zero-order valence-electron chi connectivity index (χ0n) is 7.78. The van der Waals surface area contributed by atoms with Crippen molar-refractivity contribution in [3.05, 3.63) is 42.7 Å². The van der Waals surface area contributed by atoms with Gasteiger partial charge in [0.1, 0.15) is 5.69 Å². The maximum absolute atomic E-state index is 8.61. The summed E-state index contributed by atoms with van der Waals surface area (Å²) in [6, 6.07) is 3.57. The van der Waals surface area contributed by atoms with E-state index < -0.39 is 0 Å². The highest BCUT2D eigenvalue weighted by molar-refractivity contribution is 5.98. The van der Waals surface area contributed by atoms with Gasteiger partial charge < -0.3 is 15.5 Å². The Bertz CT molecular complexity index is 477. The van der Waals surface area contributed by atoms with Gasteiger partial charge in [0, 0.05) is 18.6 Å². The lowest BCUT2D eigenvalue weighted by molar-refractivity contribution is 0.318. The summed E-state index contributed by atoms with van der Waals surface area (Å²) < 4.78 is 1.74. The average molecular weight is 203 g/mol. The van der Waals surface area contributed by atoms with Gasteiger partial charge in [-0.25, -0.2) is 4.98 Å². The highest BCUT2D eigenvalue weighted by atomic mass is 16.4. The number of pyridine rings is 1. The summed E-state index contributed by atoms with van der Waals surface area (Å²) in [6.45, 7) is 0. The largest absolute Gasteiger partial charge is 0.409 e. The number of nitrogens with zero attached hydrogens (tertiary/aromatic N) is 4. The molecule has 0 aromatic carbocycles. The highest BCUT2D eigenvalue weighted by Gasteiger charge is 2.08. The van der Waals surface area contributed by atoms with E-state index in [1.54, 1.807) is 35.6 Å². The van der Waals surface area contributed by atoms with Crippen molar-refractivity contribution in [1.29, 1.82) is 0 Å². The quantitative estimate of drug-likeness (QED) is 0.319. The van der Waals surface area contributed by atoms with Gasteiger partial charge in [-0.2, -0.15) is 0 Å². The Hall–Kier alpha value is -2.37. The van der Waals surface area contributed by atoms with Crippen LogP contribution >= 0.6 is 0 Å². The Morgan fingerprint density at radius 3 is 3.00 bits per heavy atom. The molecule has 2 rings (SSSR count). The molecule has 2 heterocycles. The molecule has 0 aliphatic carbocycles. The van der Waals surface area contributed by atoms with Crippen LogP contribution in [0.25, 0.3) is 5.69 Å². The molecule has 0 atom stereocenters. The van der Waals surface area contributed by atoms with E-state index >= 15 is 0 Å². The van der Waals surface area contributed by atoms with Crippen LogP contribution in [-0.2, 0) is 0 Å². The van der Waals surface area contributed by atoms with Crippen molar-refractivity contribution in [2.45, 2.75) is 0 Å². The first-order chi connectivity index (χ1) is 7.33. The third-order valence-corrected chi connectivity index (χ3v) is 1.92. The minimum Gasteiger partial charge on any atom is -0.409 e. The van der Waals surface area contributed by atoms with Crippen LogP contribution in [0.1, 0.15) is 5.69 Å². The second-order valence-corrected chi connectivity index (χ2v) is 2.83. The number of oxime groups is 1. The van der Waals surface area contributed by atoms with Crippen molar-refractivity contribution in [3.8, 4) is 5.69 Å². The summed E-state index contributed by atoms with van der Waals surface area (Å²) in [5, 5.41) is 11.5. The molecule has 0 unspecified atom stereocenters. The molecule has 6 nitrogen and oxygen atoms in total. The Labute approximate surface area is 85.7 Å². The smallest absolute Gasteiger partial charge is 0.190 e. The summed E-state index contributed by atoms with van der Waals surface area (Å²) in [6.07, 6.45) is 6.59. The van der Waals surface area contributed by atoms with Gasteiger partial charge in [0.15, 0.2) is 5.84 Å². The van der Waals surface area contributed by atoms with E-state index in [9.17, 15) is 0 Å². The number of hydrogen-bond donors (Lipinski definition) is 2. The third-order valence-electron chi connectivity index (χ3n) is 1.92. The van der Waals surface area contributed by atoms with Crippen molar-refractivity contribution in [1.82, 2.24) is 14.5 Å². The number of rotatable bonds is 2. The van der Waals surface area contributed by atoms with Gasteiger partial charge in [-0.3, -0.25) is 4.98 Å². The standard InChI is InChI=1S/C9H9N5O/c10-9(13-15)8-7(2-1-3-12-8)14-5-4-11-6-14/h1-6,15H,(H2,10,13). The fourth-order valence-electron chi connectivity index (χ4n) is 1.25. The Balaban J connectivity index is 2.57. The van der Waals surface area contributed by atoms with E-state index in [2.05, 4.69) is 15.1 Å². The van der Waals surface area contributed by atoms with Crippen LogP contribution in [0, 0.1) is 0 Å². The summed E-state index contributed by atoms with van der Waals surface area (Å²) in [7, 11) is 0. The topological polar surface area (TPSA) is 89.3 Å². The molecule has 0 saturated heterocycles. The van der Waals surface area contributed by atoms with Crippen LogP contribution in [0.2, 0.25) is 0 Å². The minimum absolute atomic E-state index is 0.0284. The molecule has 0 saturated carbocycles. The van der Waals surface area contributed by atoms with Gasteiger partial charge in [-0.05, 0) is 12.1 Å². The Morgan fingerprint density at radius 2 is 2.33 bits per heavy atom. The van der Waals surface area contributed by atoms with E-state index in [4.69, 9.17) is 10.9 Å². The summed E-state index contributed by atoms with van der Waals surface area (Å²) in [5.74, 6) is -0.0284. The van der Waals surface area contributed by atoms with Gasteiger partial charge in [0.2, 0.25) is 0 Å². The predicted molar refractivity (Wildman–Crippen MR) is 53.9 cm³/mol. The van der Waals surface area contributed by atoms with Crippen LogP contribution in [0.3, 0.4) is 0 Å². The van der Waals surface area contributed by atoms with Gasteiger partial charge in [0.05, 0.1) is 12.0 Å². The zero-order valence-corrected chi connectivity index (χ0v) is 7.78. The number of imidazole rings is 1. The van der Waals surface area contributed by atoms with Crippen LogP contribution in [0.4, 0.5) is 0 Å². The van der Waals surface area contributed by atoms with E-state index in [1.165, 1.54) is 0 Å². The zero-order chi connectivity index (χ0) is 10.7. The average Bonchev–Trinajstić information content (AvgIpc) is 2.81. The molecule has 0 aliphatic rings. The molecule has 0 radical (unpaired) electrons. The SMILES string of the molecule is N/C(=N/O)c1ncccc1-n1ccnc1. The predicted octanol–water partition coefficient (Wildman–Crippen LogP) is 0.362. The monoisotopic (exact) mass is 203 g/mol. The minimum atomic E-state index is -0.0284. The molecule has 0 aliphatic heterocycles. The van der Waals surface area contributed by atoms with Gasteiger partial charge in [-0.1, -0.05) is 5.16 Å². The summed E-state index contributed by atoms with van der Waals surface area (Å²) >= 11 is 0. The molecule has 0 fully saturated rings. The van der Waals surface area contributed by atoms with Crippen molar-refractivity contribution < 1.29 is 5.21 Å². The molecule has 0 amide bonds. The van der Waals surface area contributed by atoms with Crippen LogP contribution in [0.15, 0.2) is 42.2 Å². The van der Waals surface area contributed by atoms with Gasteiger partial charge in [-0.15, -0.1) is 0 Å². The lowest BCUT2D eigenvalue weighted by Crippen LogP contribution is -2.17. The van der Waals surface area contributed by atoms with Crippen LogP contribution in [-0.4, -0.2) is 25.6 Å². The molecule has 0 bridgehead atoms. The molecule has 0 spiro atoms. The second-order valence-electron chi connectivity index (χ2n) is 2.83. The van der Waals surface area contributed by atoms with Gasteiger partial charge in [0.25, 0.3) is 0 Å². The van der Waals surface area contributed by atoms with Crippen LogP contribution < -0.4 is 5.73 Å². The number of amidine groups is 1.